The molecule has 1 amide bonds. The molecule has 1 N–H and O–H groups in total. The van der Waals surface area contributed by atoms with Gasteiger partial charge in [-0.05, 0) is 59.4 Å². The van der Waals surface area contributed by atoms with Crippen LogP contribution in [0.15, 0.2) is 36.8 Å². The van der Waals surface area contributed by atoms with Gasteiger partial charge >= 0.3 is 0 Å². The number of aromatic nitrogens is 3. The minimum Gasteiger partial charge on any atom is -0.310 e. The molecule has 158 valence electrons. The van der Waals surface area contributed by atoms with Gasteiger partial charge in [0.25, 0.3) is 0 Å². The summed E-state index contributed by atoms with van der Waals surface area (Å²) in [7, 11) is 1.89. The number of fused-ring (bicyclic) bond motifs is 1. The zero-order chi connectivity index (χ0) is 21.7. The maximum atomic E-state index is 13.0. The number of carbonyl (C=O) groups excluding carboxylic acids is 1. The Balaban J connectivity index is 1.35. The van der Waals surface area contributed by atoms with E-state index >= 15 is 0 Å². The molecule has 3 atom stereocenters. The van der Waals surface area contributed by atoms with Crippen LogP contribution in [0.3, 0.4) is 0 Å². The van der Waals surface area contributed by atoms with Crippen LogP contribution in [0.1, 0.15) is 49.1 Å². The molecule has 6 nitrogen and oxygen atoms in total. The van der Waals surface area contributed by atoms with Gasteiger partial charge in [0.1, 0.15) is 5.82 Å². The maximum Gasteiger partial charge on any atom is 0.229 e. The molecule has 0 unspecified atom stereocenters. The Hall–Kier alpha value is -2.91. The van der Waals surface area contributed by atoms with Crippen molar-refractivity contribution in [1.82, 2.24) is 14.8 Å². The second kappa shape index (κ2) is 7.65. The highest BCUT2D eigenvalue weighted by Gasteiger charge is 2.54. The molecule has 2 saturated carbocycles. The lowest BCUT2D eigenvalue weighted by atomic mass is 9.72. The predicted molar refractivity (Wildman–Crippen MR) is 120 cm³/mol. The van der Waals surface area contributed by atoms with E-state index in [1.54, 1.807) is 10.9 Å². The van der Waals surface area contributed by atoms with Crippen molar-refractivity contribution in [2.75, 3.05) is 5.32 Å². The number of hydrogen-bond acceptors (Lipinski definition) is 4. The predicted octanol–water partition coefficient (Wildman–Crippen LogP) is 5.02. The number of benzene rings is 1. The number of aryl methyl sites for hydroxylation is 1. The molecule has 2 aliphatic carbocycles. The molecule has 0 radical (unpaired) electrons. The second-order valence-corrected chi connectivity index (χ2v) is 9.25. The summed E-state index contributed by atoms with van der Waals surface area (Å²) in [5.74, 6) is 1.52. The van der Waals surface area contributed by atoms with Crippen LogP contribution in [0.4, 0.5) is 5.82 Å². The van der Waals surface area contributed by atoms with Crippen molar-refractivity contribution in [3.8, 4) is 6.07 Å². The van der Waals surface area contributed by atoms with Crippen LogP contribution in [0.2, 0.25) is 5.02 Å². The van der Waals surface area contributed by atoms with E-state index in [1.807, 2.05) is 31.6 Å². The average Bonchev–Trinajstić information content (AvgIpc) is 3.31. The van der Waals surface area contributed by atoms with Crippen LogP contribution in [-0.2, 0) is 11.8 Å². The van der Waals surface area contributed by atoms with E-state index in [2.05, 4.69) is 34.5 Å². The Morgan fingerprint density at radius 2 is 2.10 bits per heavy atom. The van der Waals surface area contributed by atoms with Crippen LogP contribution in [0, 0.1) is 29.1 Å². The fourth-order valence-electron chi connectivity index (χ4n) is 5.06. The molecule has 2 fully saturated rings. The summed E-state index contributed by atoms with van der Waals surface area (Å²) in [6.07, 6.45) is 8.27. The van der Waals surface area contributed by atoms with Crippen molar-refractivity contribution in [2.45, 2.75) is 38.0 Å². The maximum absolute atomic E-state index is 13.0. The Kier molecular flexibility index (Phi) is 4.94. The van der Waals surface area contributed by atoms with Crippen LogP contribution < -0.4 is 5.32 Å². The third kappa shape index (κ3) is 3.57. The smallest absolute Gasteiger partial charge is 0.229 e. The van der Waals surface area contributed by atoms with E-state index in [-0.39, 0.29) is 23.7 Å². The van der Waals surface area contributed by atoms with E-state index < -0.39 is 0 Å². The van der Waals surface area contributed by atoms with Crippen molar-refractivity contribution in [2.24, 2.45) is 24.8 Å². The summed E-state index contributed by atoms with van der Waals surface area (Å²) >= 11 is 6.50. The number of nitrogens with one attached hydrogen (secondary N) is 1. The van der Waals surface area contributed by atoms with Gasteiger partial charge in [0.2, 0.25) is 5.91 Å². The normalized spacial score (nSPS) is 26.8. The van der Waals surface area contributed by atoms with Gasteiger partial charge in [0.05, 0.1) is 12.3 Å². The van der Waals surface area contributed by atoms with Gasteiger partial charge in [0, 0.05) is 47.6 Å². The van der Waals surface area contributed by atoms with Crippen molar-refractivity contribution >= 4 is 34.1 Å². The summed E-state index contributed by atoms with van der Waals surface area (Å²) in [4.78, 5) is 17.4. The fourth-order valence-corrected chi connectivity index (χ4v) is 5.38. The monoisotopic (exact) mass is 433 g/mol. The molecule has 3 aromatic rings. The van der Waals surface area contributed by atoms with Gasteiger partial charge in [-0.15, -0.1) is 0 Å². The van der Waals surface area contributed by atoms with Gasteiger partial charge < -0.3 is 5.32 Å². The summed E-state index contributed by atoms with van der Waals surface area (Å²) < 4.78 is 1.78. The molecule has 0 bridgehead atoms. The molecule has 7 heteroatoms. The molecular formula is C24H24ClN5O. The SMILES string of the molecule is CC[C@@H]1[C@@H](C(=O)Nc2cc3cc(C4CC(C#N)C4)c(Cl)cc3cn2)[C@@H]1c1cnn(C)c1. The number of anilines is 1. The summed E-state index contributed by atoms with van der Waals surface area (Å²) in [6, 6.07) is 8.25. The number of nitriles is 1. The Bertz CT molecular complexity index is 1210. The van der Waals surface area contributed by atoms with Crippen molar-refractivity contribution in [1.29, 1.82) is 5.26 Å². The molecule has 5 rings (SSSR count). The summed E-state index contributed by atoms with van der Waals surface area (Å²) in [5.41, 5.74) is 2.20. The van der Waals surface area contributed by atoms with Crippen molar-refractivity contribution in [3.05, 3.63) is 52.9 Å². The number of amides is 1. The minimum absolute atomic E-state index is 0.0117. The highest BCUT2D eigenvalue weighted by atomic mass is 35.5. The largest absolute Gasteiger partial charge is 0.310 e. The minimum atomic E-state index is -0.0506. The number of hydrogen-bond donors (Lipinski definition) is 1. The lowest BCUT2D eigenvalue weighted by Crippen LogP contribution is -2.20. The molecular weight excluding hydrogens is 410 g/mol. The second-order valence-electron chi connectivity index (χ2n) is 8.85. The van der Waals surface area contributed by atoms with Gasteiger partial charge in [-0.3, -0.25) is 9.48 Å². The lowest BCUT2D eigenvalue weighted by molar-refractivity contribution is -0.117. The summed E-state index contributed by atoms with van der Waals surface area (Å²) in [6.45, 7) is 2.12. The van der Waals surface area contributed by atoms with E-state index in [4.69, 9.17) is 16.9 Å². The van der Waals surface area contributed by atoms with Gasteiger partial charge in [-0.25, -0.2) is 4.98 Å². The molecule has 2 heterocycles. The first-order valence-electron chi connectivity index (χ1n) is 10.8. The van der Waals surface area contributed by atoms with Crippen LogP contribution >= 0.6 is 11.6 Å². The zero-order valence-corrected chi connectivity index (χ0v) is 18.3. The molecule has 1 aromatic carbocycles. The highest BCUT2D eigenvalue weighted by molar-refractivity contribution is 6.32. The molecule has 0 saturated heterocycles. The standard InChI is InChI=1S/C24H24ClN5O/c1-3-18-22(17-11-28-30(2)12-17)23(18)24(31)29-21-8-14-6-19(15-4-13(5-15)9-26)20(25)7-16(14)10-27-21/h6-8,10-13,15,18,22-23H,3-5H2,1-2H3,(H,27,29,31)/t13?,15?,18-,22+,23+/m0/s1. The summed E-state index contributed by atoms with van der Waals surface area (Å²) in [5, 5.41) is 19.0. The van der Waals surface area contributed by atoms with E-state index in [1.165, 1.54) is 0 Å². The first kappa shape index (κ1) is 20.0. The highest BCUT2D eigenvalue weighted by Crippen LogP contribution is 2.56. The molecule has 2 aliphatic rings. The quantitative estimate of drug-likeness (QED) is 0.612. The van der Waals surface area contributed by atoms with Crippen LogP contribution in [0.5, 0.6) is 0 Å². The van der Waals surface area contributed by atoms with E-state index in [0.29, 0.717) is 17.7 Å². The van der Waals surface area contributed by atoms with Crippen molar-refractivity contribution < 1.29 is 4.79 Å². The Labute approximate surface area is 186 Å². The Morgan fingerprint density at radius 3 is 2.77 bits per heavy atom. The molecule has 31 heavy (non-hydrogen) atoms. The number of rotatable bonds is 5. The van der Waals surface area contributed by atoms with Gasteiger partial charge in [0.15, 0.2) is 0 Å². The van der Waals surface area contributed by atoms with E-state index in [9.17, 15) is 4.79 Å². The van der Waals surface area contributed by atoms with E-state index in [0.717, 1.165) is 46.2 Å². The molecule has 0 aliphatic heterocycles. The average molecular weight is 434 g/mol. The molecule has 2 aromatic heterocycles. The topological polar surface area (TPSA) is 83.6 Å². The number of nitrogens with zero attached hydrogens (tertiary/aromatic N) is 4. The van der Waals surface area contributed by atoms with Crippen molar-refractivity contribution in [3.63, 3.8) is 0 Å². The van der Waals surface area contributed by atoms with Crippen LogP contribution in [0.25, 0.3) is 10.8 Å². The van der Waals surface area contributed by atoms with Crippen LogP contribution in [-0.4, -0.2) is 20.7 Å². The first-order valence-corrected chi connectivity index (χ1v) is 11.1. The third-order valence-electron chi connectivity index (χ3n) is 6.90. The number of halogens is 1. The zero-order valence-electron chi connectivity index (χ0n) is 17.5. The third-order valence-corrected chi connectivity index (χ3v) is 7.23. The fraction of sp³-hybridized carbons (Fsp3) is 0.417. The van der Waals surface area contributed by atoms with Gasteiger partial charge in [-0.1, -0.05) is 24.9 Å². The number of carbonyl (C=O) groups is 1. The number of pyridine rings is 1. The Morgan fingerprint density at radius 1 is 1.29 bits per heavy atom. The van der Waals surface area contributed by atoms with Gasteiger partial charge in [-0.2, -0.15) is 10.4 Å². The first-order chi connectivity index (χ1) is 15.0. The lowest BCUT2D eigenvalue weighted by Gasteiger charge is -2.31. The molecule has 0 spiro atoms.